The molecule has 0 saturated heterocycles. The molecule has 1 atom stereocenters. The first-order valence-electron chi connectivity index (χ1n) is 7.40. The molecule has 126 valence electrons. The largest absolute Gasteiger partial charge is 0.497 e. The van der Waals surface area contributed by atoms with E-state index in [1.807, 2.05) is 6.07 Å². The first-order chi connectivity index (χ1) is 11.6. The molecule has 2 aromatic carbocycles. The van der Waals surface area contributed by atoms with E-state index >= 15 is 0 Å². The maximum atomic E-state index is 11.9. The lowest BCUT2D eigenvalue weighted by molar-refractivity contribution is -0.153. The number of nitrogens with one attached hydrogen (secondary N) is 1. The van der Waals surface area contributed by atoms with Crippen molar-refractivity contribution < 1.29 is 23.8 Å². The summed E-state index contributed by atoms with van der Waals surface area (Å²) in [5.41, 5.74) is 0.559. The van der Waals surface area contributed by atoms with Crippen molar-refractivity contribution in [2.24, 2.45) is 0 Å². The molecule has 24 heavy (non-hydrogen) atoms. The third kappa shape index (κ3) is 5.31. The first kappa shape index (κ1) is 17.3. The van der Waals surface area contributed by atoms with Crippen LogP contribution in [0.3, 0.4) is 0 Å². The Balaban J connectivity index is 1.79. The smallest absolute Gasteiger partial charge is 0.347 e. The Bertz CT molecular complexity index is 687. The molecular formula is C18H19NO5. The van der Waals surface area contributed by atoms with Crippen molar-refractivity contribution in [3.63, 3.8) is 0 Å². The maximum Gasteiger partial charge on any atom is 0.347 e. The molecule has 0 saturated carbocycles. The Hall–Kier alpha value is -3.02. The second kappa shape index (κ2) is 8.57. The molecule has 0 bridgehead atoms. The number of methoxy groups -OCH3 is 1. The van der Waals surface area contributed by atoms with Gasteiger partial charge in [0.05, 0.1) is 7.11 Å². The van der Waals surface area contributed by atoms with Gasteiger partial charge in [0.1, 0.15) is 11.5 Å². The Morgan fingerprint density at radius 1 is 1.04 bits per heavy atom. The lowest BCUT2D eigenvalue weighted by atomic mass is 10.3. The number of carbonyl (C=O) groups is 2. The SMILES string of the molecule is COc1cccc(NC(=O)COC(=O)[C@@H](C)Oc2ccccc2)c1. The van der Waals surface area contributed by atoms with Gasteiger partial charge < -0.3 is 19.5 Å². The third-order valence-electron chi connectivity index (χ3n) is 3.09. The van der Waals surface area contributed by atoms with E-state index in [1.54, 1.807) is 55.5 Å². The molecule has 0 aliphatic heterocycles. The minimum atomic E-state index is -0.808. The number of para-hydroxylation sites is 1. The molecule has 6 heteroatoms. The quantitative estimate of drug-likeness (QED) is 0.791. The number of amides is 1. The Labute approximate surface area is 140 Å². The molecule has 1 amide bonds. The summed E-state index contributed by atoms with van der Waals surface area (Å²) in [4.78, 5) is 23.7. The van der Waals surface area contributed by atoms with Crippen LogP contribution in [0.2, 0.25) is 0 Å². The van der Waals surface area contributed by atoms with E-state index in [2.05, 4.69) is 5.32 Å². The third-order valence-corrected chi connectivity index (χ3v) is 3.09. The number of hydrogen-bond donors (Lipinski definition) is 1. The number of esters is 1. The Kier molecular flexibility index (Phi) is 6.19. The van der Waals surface area contributed by atoms with Gasteiger partial charge in [-0.05, 0) is 31.2 Å². The number of anilines is 1. The predicted molar refractivity (Wildman–Crippen MR) is 89.1 cm³/mol. The van der Waals surface area contributed by atoms with Crippen molar-refractivity contribution in [1.82, 2.24) is 0 Å². The molecule has 0 aliphatic carbocycles. The van der Waals surface area contributed by atoms with E-state index in [4.69, 9.17) is 14.2 Å². The molecular weight excluding hydrogens is 310 g/mol. The van der Waals surface area contributed by atoms with Crippen molar-refractivity contribution in [3.05, 3.63) is 54.6 Å². The molecule has 0 unspecified atom stereocenters. The Morgan fingerprint density at radius 3 is 2.46 bits per heavy atom. The lowest BCUT2D eigenvalue weighted by Crippen LogP contribution is -2.29. The molecule has 1 N–H and O–H groups in total. The monoisotopic (exact) mass is 329 g/mol. The van der Waals surface area contributed by atoms with Crippen LogP contribution in [0.15, 0.2) is 54.6 Å². The van der Waals surface area contributed by atoms with E-state index in [1.165, 1.54) is 7.11 Å². The van der Waals surface area contributed by atoms with Crippen molar-refractivity contribution in [3.8, 4) is 11.5 Å². The average Bonchev–Trinajstić information content (AvgIpc) is 2.60. The molecule has 0 aliphatic rings. The van der Waals surface area contributed by atoms with E-state index in [-0.39, 0.29) is 0 Å². The van der Waals surface area contributed by atoms with Gasteiger partial charge in [0.2, 0.25) is 0 Å². The average molecular weight is 329 g/mol. The fourth-order valence-electron chi connectivity index (χ4n) is 1.90. The number of ether oxygens (including phenoxy) is 3. The summed E-state index contributed by atoms with van der Waals surface area (Å²) < 4.78 is 15.5. The van der Waals surface area contributed by atoms with Crippen LogP contribution in [0.1, 0.15) is 6.92 Å². The Morgan fingerprint density at radius 2 is 1.75 bits per heavy atom. The highest BCUT2D eigenvalue weighted by atomic mass is 16.6. The van der Waals surface area contributed by atoms with E-state index < -0.39 is 24.6 Å². The van der Waals surface area contributed by atoms with Crippen LogP contribution >= 0.6 is 0 Å². The zero-order chi connectivity index (χ0) is 17.4. The van der Waals surface area contributed by atoms with Gasteiger partial charge in [-0.1, -0.05) is 24.3 Å². The second-order valence-corrected chi connectivity index (χ2v) is 4.96. The fraction of sp³-hybridized carbons (Fsp3) is 0.222. The number of rotatable bonds is 7. The van der Waals surface area contributed by atoms with Crippen LogP contribution < -0.4 is 14.8 Å². The van der Waals surface area contributed by atoms with Crippen LogP contribution in [0, 0.1) is 0 Å². The molecule has 6 nitrogen and oxygen atoms in total. The molecule has 0 radical (unpaired) electrons. The van der Waals surface area contributed by atoms with Crippen molar-refractivity contribution in [2.75, 3.05) is 19.0 Å². The number of hydrogen-bond acceptors (Lipinski definition) is 5. The van der Waals surface area contributed by atoms with Gasteiger partial charge >= 0.3 is 5.97 Å². The van der Waals surface area contributed by atoms with Gasteiger partial charge in [0.25, 0.3) is 5.91 Å². The van der Waals surface area contributed by atoms with Gasteiger partial charge in [-0.25, -0.2) is 4.79 Å². The molecule has 0 aromatic heterocycles. The van der Waals surface area contributed by atoms with Crippen LogP contribution in [0.5, 0.6) is 11.5 Å². The predicted octanol–water partition coefficient (Wildman–Crippen LogP) is 2.64. The molecule has 0 fully saturated rings. The summed E-state index contributed by atoms with van der Waals surface area (Å²) >= 11 is 0. The summed E-state index contributed by atoms with van der Waals surface area (Å²) in [7, 11) is 1.54. The highest BCUT2D eigenvalue weighted by molar-refractivity contribution is 5.93. The van der Waals surface area contributed by atoms with Crippen molar-refractivity contribution in [2.45, 2.75) is 13.0 Å². The highest BCUT2D eigenvalue weighted by Gasteiger charge is 2.17. The normalized spacial score (nSPS) is 11.2. The van der Waals surface area contributed by atoms with E-state index in [0.29, 0.717) is 17.2 Å². The molecule has 2 rings (SSSR count). The van der Waals surface area contributed by atoms with E-state index in [0.717, 1.165) is 0 Å². The van der Waals surface area contributed by atoms with Crippen LogP contribution in [0.4, 0.5) is 5.69 Å². The summed E-state index contributed by atoms with van der Waals surface area (Å²) in [5.74, 6) is 0.126. The maximum absolute atomic E-state index is 11.9. The zero-order valence-electron chi connectivity index (χ0n) is 13.5. The van der Waals surface area contributed by atoms with Gasteiger partial charge in [0.15, 0.2) is 12.7 Å². The highest BCUT2D eigenvalue weighted by Crippen LogP contribution is 2.16. The summed E-state index contributed by atoms with van der Waals surface area (Å²) in [6, 6.07) is 15.8. The topological polar surface area (TPSA) is 73.9 Å². The molecule has 0 spiro atoms. The van der Waals surface area contributed by atoms with Gasteiger partial charge in [-0.3, -0.25) is 4.79 Å². The second-order valence-electron chi connectivity index (χ2n) is 4.96. The van der Waals surface area contributed by atoms with Crippen LogP contribution in [-0.2, 0) is 14.3 Å². The lowest BCUT2D eigenvalue weighted by Gasteiger charge is -2.14. The summed E-state index contributed by atoms with van der Waals surface area (Å²) in [5, 5.41) is 2.62. The van der Waals surface area contributed by atoms with Gasteiger partial charge in [0, 0.05) is 11.8 Å². The van der Waals surface area contributed by atoms with Crippen molar-refractivity contribution in [1.29, 1.82) is 0 Å². The minimum Gasteiger partial charge on any atom is -0.497 e. The number of benzene rings is 2. The first-order valence-corrected chi connectivity index (χ1v) is 7.40. The van der Waals surface area contributed by atoms with Crippen molar-refractivity contribution >= 4 is 17.6 Å². The number of carbonyl (C=O) groups excluding carboxylic acids is 2. The fourth-order valence-corrected chi connectivity index (χ4v) is 1.90. The summed E-state index contributed by atoms with van der Waals surface area (Å²) in [6.07, 6.45) is -0.808. The molecule has 0 heterocycles. The summed E-state index contributed by atoms with van der Waals surface area (Å²) in [6.45, 7) is 1.17. The van der Waals surface area contributed by atoms with Gasteiger partial charge in [-0.2, -0.15) is 0 Å². The van der Waals surface area contributed by atoms with E-state index in [9.17, 15) is 9.59 Å². The van der Waals surface area contributed by atoms with Crippen LogP contribution in [-0.4, -0.2) is 31.7 Å². The standard InChI is InChI=1S/C18H19NO5/c1-13(24-15-8-4-3-5-9-15)18(21)23-12-17(20)19-14-7-6-10-16(11-14)22-2/h3-11,13H,12H2,1-2H3,(H,19,20)/t13-/m1/s1. The molecule has 2 aromatic rings. The minimum absolute atomic E-state index is 0.390. The van der Waals surface area contributed by atoms with Crippen LogP contribution in [0.25, 0.3) is 0 Å². The van der Waals surface area contributed by atoms with Gasteiger partial charge in [-0.15, -0.1) is 0 Å². The zero-order valence-corrected chi connectivity index (χ0v) is 13.5.